The van der Waals surface area contributed by atoms with Gasteiger partial charge in [0, 0.05) is 11.9 Å². The van der Waals surface area contributed by atoms with Crippen molar-refractivity contribution >= 4 is 18.0 Å². The number of hydrogen-bond donors (Lipinski definition) is 0. The Morgan fingerprint density at radius 3 is 1.56 bits per heavy atom. The highest BCUT2D eigenvalue weighted by Crippen LogP contribution is 1.97. The number of hydrogen-bond acceptors (Lipinski definition) is 4. The summed E-state index contributed by atoms with van der Waals surface area (Å²) in [7, 11) is 0. The second-order valence-electron chi connectivity index (χ2n) is 2.60. The van der Waals surface area contributed by atoms with Crippen LogP contribution in [0, 0.1) is 0 Å². The Morgan fingerprint density at radius 2 is 1.38 bits per heavy atom. The minimum absolute atomic E-state index is 0.972. The molecule has 0 fully saturated rings. The average Bonchev–Trinajstić information content (AvgIpc) is 2.17. The van der Waals surface area contributed by atoms with Crippen LogP contribution in [0.4, 0.5) is 0 Å². The molecule has 0 aliphatic carbocycles. The van der Waals surface area contributed by atoms with Gasteiger partial charge < -0.3 is 19.8 Å². The average molecular weight is 222 g/mol. The van der Waals surface area contributed by atoms with Crippen molar-refractivity contribution in [3.8, 4) is 0 Å². The van der Waals surface area contributed by atoms with E-state index in [0.717, 1.165) is 13.8 Å². The standard InChI is InChI=1S/C8H8.2C2H4O2/c1-2-8-6-4-3-5-7-8;2*1-2(3)4/h2-7H,1H2;2*1H3,(H,3,4)/p-2. The first-order valence-corrected chi connectivity index (χ1v) is 4.42. The van der Waals surface area contributed by atoms with E-state index < -0.39 is 11.9 Å². The Morgan fingerprint density at radius 1 is 1.06 bits per heavy atom. The highest BCUT2D eigenvalue weighted by Gasteiger charge is 1.75. The van der Waals surface area contributed by atoms with Gasteiger partial charge >= 0.3 is 0 Å². The van der Waals surface area contributed by atoms with Gasteiger partial charge in [0.05, 0.1) is 0 Å². The normalized spacial score (nSPS) is 7.38. The monoisotopic (exact) mass is 222 g/mol. The van der Waals surface area contributed by atoms with Crippen LogP contribution in [0.5, 0.6) is 0 Å². The number of carbonyl (C=O) groups excluding carboxylic acids is 2. The molecular weight excluding hydrogens is 208 g/mol. The van der Waals surface area contributed by atoms with Crippen molar-refractivity contribution in [3.05, 3.63) is 42.5 Å². The lowest BCUT2D eigenvalue weighted by atomic mass is 10.2. The van der Waals surface area contributed by atoms with Crippen molar-refractivity contribution in [2.24, 2.45) is 0 Å². The molecule has 0 saturated carbocycles. The van der Waals surface area contributed by atoms with Gasteiger partial charge in [0.1, 0.15) is 0 Å². The molecule has 0 heterocycles. The molecule has 4 nitrogen and oxygen atoms in total. The Labute approximate surface area is 94.9 Å². The van der Waals surface area contributed by atoms with E-state index in [1.165, 1.54) is 5.56 Å². The molecule has 0 atom stereocenters. The summed E-state index contributed by atoms with van der Waals surface area (Å²) in [5.74, 6) is -2.17. The van der Waals surface area contributed by atoms with E-state index >= 15 is 0 Å². The number of carbonyl (C=O) groups is 2. The first kappa shape index (κ1) is 16.3. The van der Waals surface area contributed by atoms with Gasteiger partial charge in [0.2, 0.25) is 0 Å². The van der Waals surface area contributed by atoms with Crippen molar-refractivity contribution in [3.63, 3.8) is 0 Å². The van der Waals surface area contributed by atoms with Gasteiger partial charge in [-0.2, -0.15) is 0 Å². The van der Waals surface area contributed by atoms with Crippen molar-refractivity contribution in [1.29, 1.82) is 0 Å². The van der Waals surface area contributed by atoms with Crippen molar-refractivity contribution < 1.29 is 19.8 Å². The highest BCUT2D eigenvalue weighted by atomic mass is 16.4. The van der Waals surface area contributed by atoms with Crippen LogP contribution in [0.25, 0.3) is 6.08 Å². The smallest absolute Gasteiger partial charge is 0.0383 e. The summed E-state index contributed by atoms with van der Waals surface area (Å²) in [5, 5.41) is 17.8. The third kappa shape index (κ3) is 22.7. The Bertz CT molecular complexity index is 297. The molecule has 0 unspecified atom stereocenters. The zero-order valence-corrected chi connectivity index (χ0v) is 9.30. The lowest BCUT2D eigenvalue weighted by Gasteiger charge is -1.85. The molecule has 0 saturated heterocycles. The topological polar surface area (TPSA) is 80.3 Å². The quantitative estimate of drug-likeness (QED) is 0.661. The lowest BCUT2D eigenvalue weighted by molar-refractivity contribution is -0.303. The third-order valence-electron chi connectivity index (χ3n) is 1.04. The van der Waals surface area contributed by atoms with E-state index in [-0.39, 0.29) is 0 Å². The van der Waals surface area contributed by atoms with Crippen molar-refractivity contribution in [1.82, 2.24) is 0 Å². The van der Waals surface area contributed by atoms with Gasteiger partial charge in [-0.3, -0.25) is 0 Å². The van der Waals surface area contributed by atoms with Gasteiger partial charge in [-0.05, 0) is 19.4 Å². The second kappa shape index (κ2) is 11.0. The van der Waals surface area contributed by atoms with E-state index in [2.05, 4.69) is 6.58 Å². The molecule has 0 aliphatic rings. The SMILES string of the molecule is C=Cc1ccccc1.CC(=O)[O-].CC(=O)[O-]. The number of aliphatic carboxylic acids is 2. The summed E-state index contributed by atoms with van der Waals surface area (Å²) in [5.41, 5.74) is 1.17. The fourth-order valence-corrected chi connectivity index (χ4v) is 0.589. The minimum atomic E-state index is -1.08. The summed E-state index contributed by atoms with van der Waals surface area (Å²) in [6, 6.07) is 10.0. The van der Waals surface area contributed by atoms with Crippen LogP contribution in [0.2, 0.25) is 0 Å². The molecule has 1 rings (SSSR count). The molecular formula is C12H14O4-2. The number of carboxylic acid groups (broad SMARTS) is 2. The Kier molecular flexibility index (Phi) is 11.2. The molecule has 0 amide bonds. The molecule has 4 heteroatoms. The predicted molar refractivity (Wildman–Crippen MR) is 57.9 cm³/mol. The maximum atomic E-state index is 8.89. The predicted octanol–water partition coefficient (Wildman–Crippen LogP) is -0.158. The van der Waals surface area contributed by atoms with Crippen LogP contribution >= 0.6 is 0 Å². The van der Waals surface area contributed by atoms with Crippen LogP contribution in [-0.4, -0.2) is 11.9 Å². The fraction of sp³-hybridized carbons (Fsp3) is 0.167. The van der Waals surface area contributed by atoms with E-state index in [4.69, 9.17) is 19.8 Å². The molecule has 0 aromatic heterocycles. The largest absolute Gasteiger partial charge is 0.550 e. The maximum Gasteiger partial charge on any atom is 0.0383 e. The van der Waals surface area contributed by atoms with Gasteiger partial charge in [-0.25, -0.2) is 0 Å². The first-order chi connectivity index (χ1) is 7.40. The Balaban J connectivity index is 0. The molecule has 1 aromatic rings. The molecule has 0 aliphatic heterocycles. The van der Waals surface area contributed by atoms with Crippen molar-refractivity contribution in [2.75, 3.05) is 0 Å². The van der Waals surface area contributed by atoms with Crippen LogP contribution in [-0.2, 0) is 9.59 Å². The molecule has 0 radical (unpaired) electrons. The molecule has 0 spiro atoms. The molecule has 88 valence electrons. The number of benzene rings is 1. The first-order valence-electron chi connectivity index (χ1n) is 4.42. The molecule has 16 heavy (non-hydrogen) atoms. The maximum absolute atomic E-state index is 8.89. The summed E-state index contributed by atoms with van der Waals surface area (Å²) in [6.07, 6.45) is 1.83. The Hall–Kier alpha value is -2.10. The summed E-state index contributed by atoms with van der Waals surface area (Å²) < 4.78 is 0. The van der Waals surface area contributed by atoms with Crippen molar-refractivity contribution in [2.45, 2.75) is 13.8 Å². The number of rotatable bonds is 1. The van der Waals surface area contributed by atoms with Gasteiger partial charge in [0.25, 0.3) is 0 Å². The lowest BCUT2D eigenvalue weighted by Crippen LogP contribution is -2.16. The molecule has 1 aromatic carbocycles. The van der Waals surface area contributed by atoms with Gasteiger partial charge in [-0.1, -0.05) is 43.0 Å². The minimum Gasteiger partial charge on any atom is -0.550 e. The van der Waals surface area contributed by atoms with Crippen LogP contribution in [0.3, 0.4) is 0 Å². The van der Waals surface area contributed by atoms with E-state index in [1.807, 2.05) is 36.4 Å². The zero-order chi connectivity index (χ0) is 13.0. The van der Waals surface area contributed by atoms with Crippen LogP contribution in [0.15, 0.2) is 36.9 Å². The van der Waals surface area contributed by atoms with E-state index in [9.17, 15) is 0 Å². The van der Waals surface area contributed by atoms with Crippen LogP contribution < -0.4 is 10.2 Å². The number of carboxylic acids is 2. The molecule has 0 bridgehead atoms. The van der Waals surface area contributed by atoms with Gasteiger partial charge in [-0.15, -0.1) is 0 Å². The highest BCUT2D eigenvalue weighted by molar-refractivity contribution is 5.60. The van der Waals surface area contributed by atoms with E-state index in [1.54, 1.807) is 0 Å². The molecule has 0 N–H and O–H groups in total. The third-order valence-corrected chi connectivity index (χ3v) is 1.04. The van der Waals surface area contributed by atoms with Crippen LogP contribution in [0.1, 0.15) is 19.4 Å². The second-order valence-corrected chi connectivity index (χ2v) is 2.60. The van der Waals surface area contributed by atoms with E-state index in [0.29, 0.717) is 0 Å². The summed E-state index contributed by atoms with van der Waals surface area (Å²) in [4.78, 5) is 17.8. The summed E-state index contributed by atoms with van der Waals surface area (Å²) >= 11 is 0. The zero-order valence-electron chi connectivity index (χ0n) is 9.30. The fourth-order valence-electron chi connectivity index (χ4n) is 0.589. The summed E-state index contributed by atoms with van der Waals surface area (Å²) in [6.45, 7) is 5.58. The van der Waals surface area contributed by atoms with Gasteiger partial charge in [0.15, 0.2) is 0 Å².